The van der Waals surface area contributed by atoms with Crippen molar-refractivity contribution in [1.82, 2.24) is 15.0 Å². The summed E-state index contributed by atoms with van der Waals surface area (Å²) in [5.74, 6) is 1.49. The van der Waals surface area contributed by atoms with E-state index < -0.39 is 0 Å². The number of rotatable bonds is 3. The van der Waals surface area contributed by atoms with Crippen LogP contribution in [0.3, 0.4) is 0 Å². The highest BCUT2D eigenvalue weighted by atomic mass is 16.5. The minimum atomic E-state index is 0.251. The lowest BCUT2D eigenvalue weighted by Gasteiger charge is -2.26. The van der Waals surface area contributed by atoms with Crippen molar-refractivity contribution in [3.8, 4) is 11.4 Å². The number of ether oxygens (including phenoxy) is 1. The van der Waals surface area contributed by atoms with Gasteiger partial charge in [-0.2, -0.15) is 15.0 Å². The predicted molar refractivity (Wildman–Crippen MR) is 82.1 cm³/mol. The number of hydrogen-bond acceptors (Lipinski definition) is 6. The van der Waals surface area contributed by atoms with Gasteiger partial charge in [0.05, 0.1) is 13.2 Å². The standard InChI is InChI=1S/C15H19N5O/c1-2-11-3-5-12(6-4-11)13-17-14(16)19-15(18-13)20-7-9-21-10-8-20/h3-6H,2,7-10H2,1H3,(H2,16,17,18,19). The molecule has 2 N–H and O–H groups in total. The molecule has 0 saturated carbocycles. The van der Waals surface area contributed by atoms with Crippen LogP contribution in [0.25, 0.3) is 11.4 Å². The van der Waals surface area contributed by atoms with Crippen molar-refractivity contribution >= 4 is 11.9 Å². The Morgan fingerprint density at radius 1 is 1.10 bits per heavy atom. The SMILES string of the molecule is CCc1ccc(-c2nc(N)nc(N3CCOCC3)n2)cc1. The Bertz CT molecular complexity index is 608. The van der Waals surface area contributed by atoms with Gasteiger partial charge in [-0.25, -0.2) is 0 Å². The van der Waals surface area contributed by atoms with Gasteiger partial charge in [0, 0.05) is 18.7 Å². The number of hydrogen-bond donors (Lipinski definition) is 1. The molecule has 2 aromatic rings. The van der Waals surface area contributed by atoms with E-state index in [4.69, 9.17) is 10.5 Å². The largest absolute Gasteiger partial charge is 0.378 e. The van der Waals surface area contributed by atoms with E-state index in [-0.39, 0.29) is 5.95 Å². The summed E-state index contributed by atoms with van der Waals surface area (Å²) in [4.78, 5) is 15.1. The summed E-state index contributed by atoms with van der Waals surface area (Å²) in [6.07, 6.45) is 1.01. The molecule has 0 amide bonds. The highest BCUT2D eigenvalue weighted by molar-refractivity contribution is 5.58. The third kappa shape index (κ3) is 3.11. The first-order valence-corrected chi connectivity index (χ1v) is 7.20. The lowest BCUT2D eigenvalue weighted by atomic mass is 10.1. The van der Waals surface area contributed by atoms with Crippen molar-refractivity contribution < 1.29 is 4.74 Å². The molecular formula is C15H19N5O. The Morgan fingerprint density at radius 3 is 2.48 bits per heavy atom. The summed E-state index contributed by atoms with van der Waals surface area (Å²) in [5.41, 5.74) is 8.08. The van der Waals surface area contributed by atoms with Gasteiger partial charge in [0.15, 0.2) is 5.82 Å². The molecule has 1 aromatic heterocycles. The minimum Gasteiger partial charge on any atom is -0.378 e. The van der Waals surface area contributed by atoms with E-state index in [2.05, 4.69) is 38.9 Å². The zero-order valence-electron chi connectivity index (χ0n) is 12.1. The van der Waals surface area contributed by atoms with Crippen LogP contribution in [0.4, 0.5) is 11.9 Å². The fraction of sp³-hybridized carbons (Fsp3) is 0.400. The molecule has 6 nitrogen and oxygen atoms in total. The van der Waals surface area contributed by atoms with Crippen molar-refractivity contribution in [1.29, 1.82) is 0 Å². The maximum atomic E-state index is 5.84. The van der Waals surface area contributed by atoms with Crippen molar-refractivity contribution in [3.05, 3.63) is 29.8 Å². The van der Waals surface area contributed by atoms with Gasteiger partial charge in [-0.05, 0) is 12.0 Å². The van der Waals surface area contributed by atoms with Gasteiger partial charge >= 0.3 is 0 Å². The maximum absolute atomic E-state index is 5.84. The third-order valence-electron chi connectivity index (χ3n) is 3.56. The summed E-state index contributed by atoms with van der Waals surface area (Å²) in [5, 5.41) is 0. The van der Waals surface area contributed by atoms with Crippen LogP contribution in [0.2, 0.25) is 0 Å². The number of morpholine rings is 1. The number of benzene rings is 1. The second kappa shape index (κ2) is 6.05. The summed E-state index contributed by atoms with van der Waals surface area (Å²) in [6.45, 7) is 5.06. The molecule has 0 bridgehead atoms. The first kappa shape index (κ1) is 13.8. The fourth-order valence-corrected chi connectivity index (χ4v) is 2.30. The van der Waals surface area contributed by atoms with Crippen LogP contribution in [-0.4, -0.2) is 41.3 Å². The van der Waals surface area contributed by atoms with Crippen LogP contribution in [-0.2, 0) is 11.2 Å². The number of nitrogens with two attached hydrogens (primary N) is 1. The van der Waals surface area contributed by atoms with Gasteiger partial charge < -0.3 is 15.4 Å². The summed E-state index contributed by atoms with van der Waals surface area (Å²) < 4.78 is 5.35. The maximum Gasteiger partial charge on any atom is 0.230 e. The average molecular weight is 285 g/mol. The van der Waals surface area contributed by atoms with E-state index in [1.165, 1.54) is 5.56 Å². The fourth-order valence-electron chi connectivity index (χ4n) is 2.30. The van der Waals surface area contributed by atoms with Crippen molar-refractivity contribution in [2.45, 2.75) is 13.3 Å². The Balaban J connectivity index is 1.92. The normalized spacial score (nSPS) is 15.2. The Hall–Kier alpha value is -2.21. The van der Waals surface area contributed by atoms with Crippen molar-refractivity contribution in [2.24, 2.45) is 0 Å². The van der Waals surface area contributed by atoms with Crippen LogP contribution >= 0.6 is 0 Å². The Labute approximate surface area is 124 Å². The van der Waals surface area contributed by atoms with E-state index in [9.17, 15) is 0 Å². The molecule has 21 heavy (non-hydrogen) atoms. The summed E-state index contributed by atoms with van der Waals surface area (Å²) in [7, 11) is 0. The average Bonchev–Trinajstić information content (AvgIpc) is 2.55. The number of aromatic nitrogens is 3. The molecule has 0 unspecified atom stereocenters. The van der Waals surface area contributed by atoms with Crippen molar-refractivity contribution in [2.75, 3.05) is 36.9 Å². The van der Waals surface area contributed by atoms with E-state index in [1.807, 2.05) is 12.1 Å². The van der Waals surface area contributed by atoms with Gasteiger partial charge in [-0.3, -0.25) is 0 Å². The topological polar surface area (TPSA) is 77.2 Å². The zero-order chi connectivity index (χ0) is 14.7. The van der Waals surface area contributed by atoms with E-state index in [0.717, 1.165) is 25.1 Å². The molecule has 6 heteroatoms. The smallest absolute Gasteiger partial charge is 0.230 e. The Morgan fingerprint density at radius 2 is 1.81 bits per heavy atom. The molecule has 1 aromatic carbocycles. The first-order valence-electron chi connectivity index (χ1n) is 7.20. The number of nitrogen functional groups attached to an aromatic ring is 1. The second-order valence-electron chi connectivity index (χ2n) is 4.97. The highest BCUT2D eigenvalue weighted by Crippen LogP contribution is 2.20. The minimum absolute atomic E-state index is 0.251. The molecule has 1 aliphatic rings. The highest BCUT2D eigenvalue weighted by Gasteiger charge is 2.16. The molecular weight excluding hydrogens is 266 g/mol. The first-order chi connectivity index (χ1) is 10.3. The van der Waals surface area contributed by atoms with Crippen LogP contribution in [0, 0.1) is 0 Å². The van der Waals surface area contributed by atoms with Gasteiger partial charge in [0.25, 0.3) is 0 Å². The molecule has 2 heterocycles. The van der Waals surface area contributed by atoms with E-state index in [0.29, 0.717) is 25.0 Å². The zero-order valence-corrected chi connectivity index (χ0v) is 12.1. The number of nitrogens with zero attached hydrogens (tertiary/aromatic N) is 4. The van der Waals surface area contributed by atoms with Crippen LogP contribution in [0.1, 0.15) is 12.5 Å². The van der Waals surface area contributed by atoms with Crippen LogP contribution in [0.5, 0.6) is 0 Å². The van der Waals surface area contributed by atoms with Crippen LogP contribution in [0.15, 0.2) is 24.3 Å². The molecule has 1 fully saturated rings. The van der Waals surface area contributed by atoms with Gasteiger partial charge in [0.2, 0.25) is 11.9 Å². The summed E-state index contributed by atoms with van der Waals surface area (Å²) >= 11 is 0. The van der Waals surface area contributed by atoms with Crippen LogP contribution < -0.4 is 10.6 Å². The number of anilines is 2. The molecule has 0 spiro atoms. The molecule has 1 saturated heterocycles. The molecule has 0 aliphatic carbocycles. The molecule has 0 radical (unpaired) electrons. The number of aryl methyl sites for hydroxylation is 1. The molecule has 0 atom stereocenters. The second-order valence-corrected chi connectivity index (χ2v) is 4.97. The monoisotopic (exact) mass is 285 g/mol. The van der Waals surface area contributed by atoms with Gasteiger partial charge in [0.1, 0.15) is 0 Å². The molecule has 110 valence electrons. The van der Waals surface area contributed by atoms with Gasteiger partial charge in [-0.1, -0.05) is 31.2 Å². The quantitative estimate of drug-likeness (QED) is 0.921. The third-order valence-corrected chi connectivity index (χ3v) is 3.56. The Kier molecular flexibility index (Phi) is 3.96. The van der Waals surface area contributed by atoms with E-state index >= 15 is 0 Å². The summed E-state index contributed by atoms with van der Waals surface area (Å²) in [6, 6.07) is 8.22. The molecule has 1 aliphatic heterocycles. The van der Waals surface area contributed by atoms with E-state index in [1.54, 1.807) is 0 Å². The van der Waals surface area contributed by atoms with Gasteiger partial charge in [-0.15, -0.1) is 0 Å². The molecule has 3 rings (SSSR count). The van der Waals surface area contributed by atoms with Crippen molar-refractivity contribution in [3.63, 3.8) is 0 Å². The lowest BCUT2D eigenvalue weighted by Crippen LogP contribution is -2.37. The lowest BCUT2D eigenvalue weighted by molar-refractivity contribution is 0.122. The predicted octanol–water partition coefficient (Wildman–Crippen LogP) is 1.52.